The molecule has 0 atom stereocenters. The molecule has 88 valence electrons. The summed E-state index contributed by atoms with van der Waals surface area (Å²) in [6.07, 6.45) is 3.26. The Morgan fingerprint density at radius 1 is 1.41 bits per heavy atom. The van der Waals surface area contributed by atoms with E-state index in [2.05, 4.69) is 53.8 Å². The van der Waals surface area contributed by atoms with Crippen LogP contribution in [0.4, 0.5) is 11.5 Å². The van der Waals surface area contributed by atoms with Crippen molar-refractivity contribution in [3.05, 3.63) is 38.8 Å². The molecule has 6 heteroatoms. The summed E-state index contributed by atoms with van der Waals surface area (Å²) >= 11 is 5.61. The third kappa shape index (κ3) is 3.06. The van der Waals surface area contributed by atoms with Crippen molar-refractivity contribution < 1.29 is 4.74 Å². The minimum atomic E-state index is 0.761. The summed E-state index contributed by atoms with van der Waals surface area (Å²) in [6.45, 7) is 0. The molecule has 1 aromatic heterocycles. The molecule has 17 heavy (non-hydrogen) atoms. The Kier molecular flexibility index (Phi) is 4.16. The van der Waals surface area contributed by atoms with Gasteiger partial charge in [-0.25, -0.2) is 9.97 Å². The number of aromatic nitrogens is 2. The van der Waals surface area contributed by atoms with E-state index in [1.165, 1.54) is 6.33 Å². The second-order valence-electron chi connectivity index (χ2n) is 3.19. The normalized spacial score (nSPS) is 10.1. The Labute approximate surface area is 121 Å². The highest BCUT2D eigenvalue weighted by atomic mass is 127. The maximum Gasteiger partial charge on any atom is 0.147 e. The van der Waals surface area contributed by atoms with E-state index < -0.39 is 0 Å². The van der Waals surface area contributed by atoms with Crippen molar-refractivity contribution in [2.45, 2.75) is 0 Å². The number of methoxy groups -OCH3 is 1. The van der Waals surface area contributed by atoms with E-state index >= 15 is 0 Å². The molecule has 2 aromatic rings. The Hall–Kier alpha value is -0.890. The zero-order valence-corrected chi connectivity index (χ0v) is 12.7. The third-order valence-electron chi connectivity index (χ3n) is 2.08. The molecule has 0 radical (unpaired) electrons. The molecule has 0 aliphatic rings. The molecule has 0 aliphatic carbocycles. The highest BCUT2D eigenvalue weighted by Gasteiger charge is 2.07. The minimum Gasteiger partial charge on any atom is -0.495 e. The molecule has 4 nitrogen and oxygen atoms in total. The van der Waals surface area contributed by atoms with Gasteiger partial charge in [-0.2, -0.15) is 0 Å². The zero-order chi connectivity index (χ0) is 12.3. The van der Waals surface area contributed by atoms with Crippen LogP contribution in [0.3, 0.4) is 0 Å². The lowest BCUT2D eigenvalue weighted by Gasteiger charge is -2.11. The van der Waals surface area contributed by atoms with E-state index in [0.717, 1.165) is 25.3 Å². The predicted octanol–water partition coefficient (Wildman–Crippen LogP) is 3.60. The molecule has 0 fully saturated rings. The Bertz CT molecular complexity index is 536. The summed E-state index contributed by atoms with van der Waals surface area (Å²) in [5, 5.41) is 3.22. The van der Waals surface area contributed by atoms with Crippen molar-refractivity contribution in [2.75, 3.05) is 12.4 Å². The van der Waals surface area contributed by atoms with Gasteiger partial charge < -0.3 is 10.1 Å². The minimum absolute atomic E-state index is 0.761. The smallest absolute Gasteiger partial charge is 0.147 e. The summed E-state index contributed by atoms with van der Waals surface area (Å²) in [7, 11) is 1.64. The number of nitrogens with zero attached hydrogens (tertiary/aromatic N) is 2. The highest BCUT2D eigenvalue weighted by molar-refractivity contribution is 14.1. The van der Waals surface area contributed by atoms with Crippen molar-refractivity contribution in [3.8, 4) is 5.75 Å². The molecule has 2 rings (SSSR count). The molecule has 1 heterocycles. The van der Waals surface area contributed by atoms with Gasteiger partial charge in [0.1, 0.15) is 17.9 Å². The second-order valence-corrected chi connectivity index (χ2v) is 5.27. The topological polar surface area (TPSA) is 47.0 Å². The van der Waals surface area contributed by atoms with Crippen molar-refractivity contribution in [2.24, 2.45) is 0 Å². The fraction of sp³-hybridized carbons (Fsp3) is 0.0909. The van der Waals surface area contributed by atoms with Crippen LogP contribution in [0.25, 0.3) is 0 Å². The molecule has 0 amide bonds. The zero-order valence-electron chi connectivity index (χ0n) is 8.95. The number of ether oxygens (including phenoxy) is 1. The molecule has 1 N–H and O–H groups in total. The third-order valence-corrected chi connectivity index (χ3v) is 3.36. The van der Waals surface area contributed by atoms with Crippen LogP contribution in [-0.2, 0) is 0 Å². The SMILES string of the molecule is COc1ccc(Br)cc1Nc1ncncc1I. The lowest BCUT2D eigenvalue weighted by molar-refractivity contribution is 0.416. The molecule has 0 aliphatic heterocycles. The van der Waals surface area contributed by atoms with Crippen LogP contribution in [0.15, 0.2) is 35.2 Å². The van der Waals surface area contributed by atoms with Gasteiger partial charge in [-0.3, -0.25) is 0 Å². The number of halogens is 2. The van der Waals surface area contributed by atoms with E-state index in [1.54, 1.807) is 13.3 Å². The van der Waals surface area contributed by atoms with Gasteiger partial charge in [-0.05, 0) is 40.8 Å². The molecule has 0 saturated heterocycles. The first-order valence-electron chi connectivity index (χ1n) is 4.77. The van der Waals surface area contributed by atoms with Gasteiger partial charge in [0.25, 0.3) is 0 Å². The first kappa shape index (κ1) is 12.6. The van der Waals surface area contributed by atoms with E-state index in [9.17, 15) is 0 Å². The molecule has 0 saturated carbocycles. The van der Waals surface area contributed by atoms with Gasteiger partial charge >= 0.3 is 0 Å². The van der Waals surface area contributed by atoms with Crippen LogP contribution in [0.2, 0.25) is 0 Å². The lowest BCUT2D eigenvalue weighted by atomic mass is 10.3. The number of hydrogen-bond acceptors (Lipinski definition) is 4. The summed E-state index contributed by atoms with van der Waals surface area (Å²) in [6, 6.07) is 5.76. The maximum atomic E-state index is 5.28. The predicted molar refractivity (Wildman–Crippen MR) is 78.7 cm³/mol. The molecular formula is C11H9BrIN3O. The van der Waals surface area contributed by atoms with Gasteiger partial charge in [-0.1, -0.05) is 15.9 Å². The van der Waals surface area contributed by atoms with Crippen molar-refractivity contribution >= 4 is 50.0 Å². The van der Waals surface area contributed by atoms with Crippen LogP contribution in [0.5, 0.6) is 5.75 Å². The summed E-state index contributed by atoms with van der Waals surface area (Å²) in [5.41, 5.74) is 0.860. The monoisotopic (exact) mass is 405 g/mol. The molecular weight excluding hydrogens is 397 g/mol. The van der Waals surface area contributed by atoms with Gasteiger partial charge in [0.2, 0.25) is 0 Å². The van der Waals surface area contributed by atoms with Gasteiger partial charge in [0, 0.05) is 10.7 Å². The quantitative estimate of drug-likeness (QED) is 0.792. The standard InChI is InChI=1S/C11H9BrIN3O/c1-17-10-3-2-7(12)4-9(10)16-11-8(13)5-14-6-15-11/h2-6H,1H3,(H,14,15,16). The van der Waals surface area contributed by atoms with E-state index in [1.807, 2.05) is 18.2 Å². The van der Waals surface area contributed by atoms with Crippen molar-refractivity contribution in [1.29, 1.82) is 0 Å². The number of benzene rings is 1. The fourth-order valence-corrected chi connectivity index (χ4v) is 2.11. The van der Waals surface area contributed by atoms with Gasteiger partial charge in [-0.15, -0.1) is 0 Å². The molecule has 0 spiro atoms. The van der Waals surface area contributed by atoms with Crippen LogP contribution in [0.1, 0.15) is 0 Å². The Morgan fingerprint density at radius 3 is 2.94 bits per heavy atom. The first-order chi connectivity index (χ1) is 8.20. The highest BCUT2D eigenvalue weighted by Crippen LogP contribution is 2.30. The van der Waals surface area contributed by atoms with Gasteiger partial charge in [0.15, 0.2) is 0 Å². The fourth-order valence-electron chi connectivity index (χ4n) is 1.31. The summed E-state index contributed by atoms with van der Waals surface area (Å²) in [4.78, 5) is 8.13. The van der Waals surface area contributed by atoms with E-state index in [0.29, 0.717) is 0 Å². The van der Waals surface area contributed by atoms with Crippen LogP contribution < -0.4 is 10.1 Å². The number of nitrogens with one attached hydrogen (secondary N) is 1. The van der Waals surface area contributed by atoms with E-state index in [-0.39, 0.29) is 0 Å². The number of anilines is 2. The lowest BCUT2D eigenvalue weighted by Crippen LogP contribution is -1.99. The van der Waals surface area contributed by atoms with Crippen LogP contribution >= 0.6 is 38.5 Å². The number of rotatable bonds is 3. The largest absolute Gasteiger partial charge is 0.495 e. The average molecular weight is 406 g/mol. The Balaban J connectivity index is 2.35. The van der Waals surface area contributed by atoms with Crippen LogP contribution in [0, 0.1) is 3.57 Å². The van der Waals surface area contributed by atoms with E-state index in [4.69, 9.17) is 4.74 Å². The second kappa shape index (κ2) is 5.63. The Morgan fingerprint density at radius 2 is 2.24 bits per heavy atom. The summed E-state index contributed by atoms with van der Waals surface area (Å²) in [5.74, 6) is 1.53. The first-order valence-corrected chi connectivity index (χ1v) is 6.64. The summed E-state index contributed by atoms with van der Waals surface area (Å²) < 4.78 is 7.21. The average Bonchev–Trinajstić information content (AvgIpc) is 2.32. The molecule has 0 unspecified atom stereocenters. The van der Waals surface area contributed by atoms with Crippen molar-refractivity contribution in [1.82, 2.24) is 9.97 Å². The van der Waals surface area contributed by atoms with Gasteiger partial charge in [0.05, 0.1) is 16.4 Å². The maximum absolute atomic E-state index is 5.28. The van der Waals surface area contributed by atoms with Crippen LogP contribution in [-0.4, -0.2) is 17.1 Å². The molecule has 0 bridgehead atoms. The van der Waals surface area contributed by atoms with Crippen molar-refractivity contribution in [3.63, 3.8) is 0 Å². The number of hydrogen-bond donors (Lipinski definition) is 1. The molecule has 1 aromatic carbocycles.